The maximum atomic E-state index is 12.0. The maximum absolute atomic E-state index is 12.0. The minimum atomic E-state index is -3.15. The molecule has 0 bridgehead atoms. The molecule has 4 nitrogen and oxygen atoms in total. The van der Waals surface area contributed by atoms with Gasteiger partial charge in [-0.05, 0) is 24.0 Å². The predicted octanol–water partition coefficient (Wildman–Crippen LogP) is 1.51. The first-order chi connectivity index (χ1) is 8.62. The van der Waals surface area contributed by atoms with E-state index in [2.05, 4.69) is 4.72 Å². The van der Waals surface area contributed by atoms with Gasteiger partial charge in [-0.15, -0.1) is 0 Å². The molecule has 1 saturated carbocycles. The lowest BCUT2D eigenvalue weighted by Crippen LogP contribution is -2.32. The number of hydrogen-bond acceptors (Lipinski definition) is 3. The van der Waals surface area contributed by atoms with Gasteiger partial charge in [0.05, 0.1) is 5.25 Å². The lowest BCUT2D eigenvalue weighted by molar-refractivity contribution is 0.564. The second-order valence-electron chi connectivity index (χ2n) is 4.79. The van der Waals surface area contributed by atoms with Crippen LogP contribution in [0.3, 0.4) is 0 Å². The Morgan fingerprint density at radius 3 is 2.22 bits per heavy atom. The summed E-state index contributed by atoms with van der Waals surface area (Å²) in [7, 11) is -3.15. The Balaban J connectivity index is 1.93. The van der Waals surface area contributed by atoms with Crippen LogP contribution in [0.15, 0.2) is 24.3 Å². The Bertz CT molecular complexity index is 476. The monoisotopic (exact) mass is 268 g/mol. The molecule has 0 unspecified atom stereocenters. The van der Waals surface area contributed by atoms with Gasteiger partial charge in [-0.3, -0.25) is 0 Å². The lowest BCUT2D eigenvalue weighted by atomic mass is 10.1. The molecule has 3 N–H and O–H groups in total. The van der Waals surface area contributed by atoms with Crippen molar-refractivity contribution in [2.24, 2.45) is 5.73 Å². The fourth-order valence-corrected chi connectivity index (χ4v) is 3.85. The van der Waals surface area contributed by atoms with Crippen molar-refractivity contribution < 1.29 is 8.42 Å². The van der Waals surface area contributed by atoms with Gasteiger partial charge in [-0.1, -0.05) is 37.1 Å². The van der Waals surface area contributed by atoms with Crippen LogP contribution in [0, 0.1) is 0 Å². The van der Waals surface area contributed by atoms with Crippen LogP contribution in [0.5, 0.6) is 0 Å². The summed E-state index contributed by atoms with van der Waals surface area (Å²) < 4.78 is 26.7. The first kappa shape index (κ1) is 13.5. The molecule has 1 aliphatic rings. The molecule has 0 aliphatic heterocycles. The number of hydrogen-bond donors (Lipinski definition) is 2. The molecule has 0 aromatic heterocycles. The number of sulfonamides is 1. The van der Waals surface area contributed by atoms with Crippen molar-refractivity contribution >= 4 is 10.0 Å². The van der Waals surface area contributed by atoms with E-state index in [-0.39, 0.29) is 5.25 Å². The van der Waals surface area contributed by atoms with Gasteiger partial charge in [0.15, 0.2) is 0 Å². The van der Waals surface area contributed by atoms with E-state index in [4.69, 9.17) is 5.73 Å². The van der Waals surface area contributed by atoms with Crippen molar-refractivity contribution in [3.63, 3.8) is 0 Å². The van der Waals surface area contributed by atoms with Crippen molar-refractivity contribution in [1.82, 2.24) is 4.72 Å². The van der Waals surface area contributed by atoms with Gasteiger partial charge in [0.1, 0.15) is 0 Å². The Kier molecular flexibility index (Phi) is 4.37. The summed E-state index contributed by atoms with van der Waals surface area (Å²) in [5.41, 5.74) is 7.53. The van der Waals surface area contributed by atoms with Gasteiger partial charge in [-0.2, -0.15) is 0 Å². The first-order valence-corrected chi connectivity index (χ1v) is 7.93. The van der Waals surface area contributed by atoms with Crippen molar-refractivity contribution in [2.45, 2.75) is 44.0 Å². The summed E-state index contributed by atoms with van der Waals surface area (Å²) in [6.45, 7) is 0.873. The van der Waals surface area contributed by atoms with Crippen LogP contribution >= 0.6 is 0 Å². The van der Waals surface area contributed by atoms with Gasteiger partial charge >= 0.3 is 0 Å². The highest BCUT2D eigenvalue weighted by Gasteiger charge is 2.27. The predicted molar refractivity (Wildman–Crippen MR) is 72.3 cm³/mol. The van der Waals surface area contributed by atoms with E-state index in [0.29, 0.717) is 13.1 Å². The molecule has 18 heavy (non-hydrogen) atoms. The maximum Gasteiger partial charge on any atom is 0.214 e. The van der Waals surface area contributed by atoms with Crippen LogP contribution in [0.25, 0.3) is 0 Å². The highest BCUT2D eigenvalue weighted by molar-refractivity contribution is 7.90. The molecular weight excluding hydrogens is 248 g/mol. The summed E-state index contributed by atoms with van der Waals surface area (Å²) in [6.07, 6.45) is 3.64. The second-order valence-corrected chi connectivity index (χ2v) is 6.84. The molecule has 1 aromatic rings. The topological polar surface area (TPSA) is 72.2 Å². The number of nitrogens with one attached hydrogen (secondary N) is 1. The number of nitrogens with two attached hydrogens (primary N) is 1. The summed E-state index contributed by atoms with van der Waals surface area (Å²) in [4.78, 5) is 0. The zero-order chi connectivity index (χ0) is 13.0. The van der Waals surface area contributed by atoms with E-state index >= 15 is 0 Å². The molecule has 100 valence electrons. The second kappa shape index (κ2) is 5.82. The third-order valence-electron chi connectivity index (χ3n) is 3.48. The first-order valence-electron chi connectivity index (χ1n) is 6.38. The van der Waals surface area contributed by atoms with E-state index < -0.39 is 10.0 Å². The normalized spacial score (nSPS) is 17.2. The largest absolute Gasteiger partial charge is 0.326 e. The molecular formula is C13H20N2O2S. The third kappa shape index (κ3) is 3.31. The quantitative estimate of drug-likeness (QED) is 0.850. The molecule has 0 radical (unpaired) electrons. The Morgan fingerprint density at radius 1 is 1.11 bits per heavy atom. The van der Waals surface area contributed by atoms with E-state index in [1.54, 1.807) is 0 Å². The van der Waals surface area contributed by atoms with E-state index in [9.17, 15) is 8.42 Å². The molecule has 0 spiro atoms. The van der Waals surface area contributed by atoms with E-state index in [1.807, 2.05) is 24.3 Å². The van der Waals surface area contributed by atoms with E-state index in [1.165, 1.54) is 0 Å². The molecule has 1 fully saturated rings. The van der Waals surface area contributed by atoms with E-state index in [0.717, 1.165) is 36.8 Å². The van der Waals surface area contributed by atoms with Crippen molar-refractivity contribution in [3.8, 4) is 0 Å². The van der Waals surface area contributed by atoms with Crippen LogP contribution in [0.4, 0.5) is 0 Å². The van der Waals surface area contributed by atoms with Crippen LogP contribution in [-0.2, 0) is 23.1 Å². The molecule has 0 atom stereocenters. The summed E-state index contributed by atoms with van der Waals surface area (Å²) in [6, 6.07) is 7.69. The summed E-state index contributed by atoms with van der Waals surface area (Å²) in [5, 5.41) is -0.194. The molecule has 2 rings (SSSR count). The standard InChI is InChI=1S/C13H20N2O2S/c14-9-11-5-7-12(8-6-11)10-15-18(16,17)13-3-1-2-4-13/h5-8,13,15H,1-4,9-10,14H2. The van der Waals surface area contributed by atoms with Crippen LogP contribution in [0.2, 0.25) is 0 Å². The fraction of sp³-hybridized carbons (Fsp3) is 0.538. The lowest BCUT2D eigenvalue weighted by Gasteiger charge is -2.12. The SMILES string of the molecule is NCc1ccc(CNS(=O)(=O)C2CCCC2)cc1. The van der Waals surface area contributed by atoms with Crippen LogP contribution in [-0.4, -0.2) is 13.7 Å². The molecule has 1 aliphatic carbocycles. The summed E-state index contributed by atoms with van der Waals surface area (Å²) >= 11 is 0. The summed E-state index contributed by atoms with van der Waals surface area (Å²) in [5.74, 6) is 0. The molecule has 0 saturated heterocycles. The zero-order valence-corrected chi connectivity index (χ0v) is 11.2. The highest BCUT2D eigenvalue weighted by Crippen LogP contribution is 2.24. The Hall–Kier alpha value is -0.910. The van der Waals surface area contributed by atoms with Crippen molar-refractivity contribution in [2.75, 3.05) is 0 Å². The average molecular weight is 268 g/mol. The van der Waals surface area contributed by atoms with Gasteiger partial charge in [-0.25, -0.2) is 13.1 Å². The fourth-order valence-electron chi connectivity index (χ4n) is 2.29. The van der Waals surface area contributed by atoms with Crippen molar-refractivity contribution in [3.05, 3.63) is 35.4 Å². The molecule has 1 aromatic carbocycles. The van der Waals surface area contributed by atoms with Gasteiger partial charge in [0.2, 0.25) is 10.0 Å². The zero-order valence-electron chi connectivity index (χ0n) is 10.4. The number of rotatable bonds is 5. The van der Waals surface area contributed by atoms with Crippen LogP contribution < -0.4 is 10.5 Å². The minimum Gasteiger partial charge on any atom is -0.326 e. The average Bonchev–Trinajstić information content (AvgIpc) is 2.92. The minimum absolute atomic E-state index is 0.194. The Morgan fingerprint density at radius 2 is 1.67 bits per heavy atom. The van der Waals surface area contributed by atoms with Crippen LogP contribution in [0.1, 0.15) is 36.8 Å². The molecule has 0 amide bonds. The third-order valence-corrected chi connectivity index (χ3v) is 5.37. The van der Waals surface area contributed by atoms with Crippen molar-refractivity contribution in [1.29, 1.82) is 0 Å². The number of benzene rings is 1. The highest BCUT2D eigenvalue weighted by atomic mass is 32.2. The van der Waals surface area contributed by atoms with Gasteiger partial charge < -0.3 is 5.73 Å². The molecule has 5 heteroatoms. The molecule has 0 heterocycles. The smallest absolute Gasteiger partial charge is 0.214 e. The van der Waals surface area contributed by atoms with Gasteiger partial charge in [0.25, 0.3) is 0 Å². The van der Waals surface area contributed by atoms with Gasteiger partial charge in [0, 0.05) is 13.1 Å². The Labute approximate surface area is 109 Å².